The summed E-state index contributed by atoms with van der Waals surface area (Å²) in [5, 5.41) is 0.820. The first-order chi connectivity index (χ1) is 12.5. The summed E-state index contributed by atoms with van der Waals surface area (Å²) in [5.74, 6) is -0.769. The van der Waals surface area contributed by atoms with Crippen LogP contribution in [0.3, 0.4) is 0 Å². The average molecular weight is 349 g/mol. The van der Waals surface area contributed by atoms with E-state index < -0.39 is 12.1 Å². The average Bonchev–Trinajstić information content (AvgIpc) is 3.21. The van der Waals surface area contributed by atoms with Crippen LogP contribution in [0.15, 0.2) is 59.0 Å². The number of furan rings is 1. The molecule has 5 nitrogen and oxygen atoms in total. The van der Waals surface area contributed by atoms with Crippen LogP contribution in [0.25, 0.3) is 11.0 Å². The van der Waals surface area contributed by atoms with Gasteiger partial charge in [0.05, 0.1) is 0 Å². The van der Waals surface area contributed by atoms with Gasteiger partial charge in [0, 0.05) is 17.1 Å². The van der Waals surface area contributed by atoms with Crippen molar-refractivity contribution >= 4 is 28.5 Å². The number of nitrogens with zero attached hydrogens (tertiary/aromatic N) is 1. The molecule has 3 aromatic rings. The number of carbonyl (C=O) groups excluding carboxylic acids is 2. The molecule has 0 radical (unpaired) electrons. The SMILES string of the molecule is C[C@@H]1Cc2ccccc2N1C(=O)[C@@H](C)OC(=O)c1cc2ccccc2o1. The Hall–Kier alpha value is -3.08. The molecular formula is C21H19NO4. The first-order valence-electron chi connectivity index (χ1n) is 8.65. The number of hydrogen-bond donors (Lipinski definition) is 0. The van der Waals surface area contributed by atoms with Crippen molar-refractivity contribution < 1.29 is 18.7 Å². The summed E-state index contributed by atoms with van der Waals surface area (Å²) in [6.45, 7) is 3.59. The van der Waals surface area contributed by atoms with E-state index in [0.717, 1.165) is 23.1 Å². The molecule has 0 fully saturated rings. The zero-order chi connectivity index (χ0) is 18.3. The standard InChI is InChI=1S/C21H19NO4/c1-13-11-15-7-3-5-9-17(15)22(13)20(23)14(2)25-21(24)19-12-16-8-4-6-10-18(16)26-19/h3-10,12-14H,11H2,1-2H3/t13-,14-/m1/s1. The normalized spacial score (nSPS) is 17.2. The molecule has 1 amide bonds. The van der Waals surface area contributed by atoms with E-state index in [1.807, 2.05) is 49.4 Å². The fourth-order valence-electron chi connectivity index (χ4n) is 3.45. The fraction of sp³-hybridized carbons (Fsp3) is 0.238. The number of carbonyl (C=O) groups is 2. The predicted octanol–water partition coefficient (Wildman–Crippen LogP) is 3.96. The van der Waals surface area contributed by atoms with Crippen LogP contribution in [0.4, 0.5) is 5.69 Å². The van der Waals surface area contributed by atoms with Gasteiger partial charge in [0.25, 0.3) is 5.91 Å². The van der Waals surface area contributed by atoms with Gasteiger partial charge >= 0.3 is 5.97 Å². The van der Waals surface area contributed by atoms with E-state index in [-0.39, 0.29) is 17.7 Å². The first kappa shape index (κ1) is 16.4. The fourth-order valence-corrected chi connectivity index (χ4v) is 3.45. The topological polar surface area (TPSA) is 59.8 Å². The Labute approximate surface area is 151 Å². The number of anilines is 1. The van der Waals surface area contributed by atoms with Crippen molar-refractivity contribution in [2.75, 3.05) is 4.90 Å². The molecule has 132 valence electrons. The molecule has 0 N–H and O–H groups in total. The summed E-state index contributed by atoms with van der Waals surface area (Å²) >= 11 is 0. The zero-order valence-corrected chi connectivity index (χ0v) is 14.6. The van der Waals surface area contributed by atoms with E-state index in [1.165, 1.54) is 0 Å². The molecule has 0 aliphatic carbocycles. The van der Waals surface area contributed by atoms with Gasteiger partial charge in [-0.1, -0.05) is 36.4 Å². The summed E-state index contributed by atoms with van der Waals surface area (Å²) in [6.07, 6.45) is -0.101. The van der Waals surface area contributed by atoms with Crippen molar-refractivity contribution in [1.29, 1.82) is 0 Å². The van der Waals surface area contributed by atoms with Crippen LogP contribution in [0, 0.1) is 0 Å². The van der Waals surface area contributed by atoms with Gasteiger partial charge in [-0.3, -0.25) is 4.79 Å². The first-order valence-corrected chi connectivity index (χ1v) is 8.65. The highest BCUT2D eigenvalue weighted by Gasteiger charge is 2.34. The monoisotopic (exact) mass is 349 g/mol. The molecule has 1 aliphatic rings. The minimum atomic E-state index is -0.899. The lowest BCUT2D eigenvalue weighted by atomic mass is 10.1. The molecule has 2 heterocycles. The number of hydrogen-bond acceptors (Lipinski definition) is 4. The highest BCUT2D eigenvalue weighted by atomic mass is 16.6. The van der Waals surface area contributed by atoms with Crippen molar-refractivity contribution in [2.24, 2.45) is 0 Å². The van der Waals surface area contributed by atoms with Gasteiger partial charge in [-0.15, -0.1) is 0 Å². The van der Waals surface area contributed by atoms with Gasteiger partial charge in [0.15, 0.2) is 6.10 Å². The van der Waals surface area contributed by atoms with E-state index in [0.29, 0.717) is 5.58 Å². The Bertz CT molecular complexity index is 957. The van der Waals surface area contributed by atoms with Crippen LogP contribution in [-0.2, 0) is 16.0 Å². The minimum absolute atomic E-state index is 0.0345. The Kier molecular flexibility index (Phi) is 3.99. The third-order valence-electron chi connectivity index (χ3n) is 4.70. The lowest BCUT2D eigenvalue weighted by molar-refractivity contribution is -0.126. The molecule has 5 heteroatoms. The summed E-state index contributed by atoms with van der Waals surface area (Å²) < 4.78 is 10.9. The highest BCUT2D eigenvalue weighted by Crippen LogP contribution is 2.32. The van der Waals surface area contributed by atoms with Crippen LogP contribution < -0.4 is 4.90 Å². The summed E-state index contributed by atoms with van der Waals surface area (Å²) in [5.41, 5.74) is 2.63. The molecule has 0 saturated carbocycles. The molecule has 4 rings (SSSR count). The Morgan fingerprint density at radius 1 is 1.15 bits per heavy atom. The van der Waals surface area contributed by atoms with Crippen LogP contribution in [0.1, 0.15) is 30.0 Å². The third kappa shape index (κ3) is 2.75. The molecule has 0 unspecified atom stereocenters. The van der Waals surface area contributed by atoms with Crippen LogP contribution in [0.5, 0.6) is 0 Å². The number of benzene rings is 2. The summed E-state index contributed by atoms with van der Waals surface area (Å²) in [7, 11) is 0. The lowest BCUT2D eigenvalue weighted by Crippen LogP contribution is -2.43. The Morgan fingerprint density at radius 3 is 2.69 bits per heavy atom. The molecule has 0 saturated heterocycles. The largest absolute Gasteiger partial charge is 0.449 e. The van der Waals surface area contributed by atoms with Crippen LogP contribution in [0.2, 0.25) is 0 Å². The molecular weight excluding hydrogens is 330 g/mol. The summed E-state index contributed by atoms with van der Waals surface area (Å²) in [4.78, 5) is 27.0. The number of esters is 1. The van der Waals surface area contributed by atoms with Gasteiger partial charge in [-0.2, -0.15) is 0 Å². The second-order valence-corrected chi connectivity index (χ2v) is 6.59. The van der Waals surface area contributed by atoms with Crippen molar-refractivity contribution in [3.63, 3.8) is 0 Å². The third-order valence-corrected chi connectivity index (χ3v) is 4.70. The van der Waals surface area contributed by atoms with Gasteiger partial charge in [-0.25, -0.2) is 4.79 Å². The second-order valence-electron chi connectivity index (χ2n) is 6.59. The minimum Gasteiger partial charge on any atom is -0.449 e. The maximum absolute atomic E-state index is 12.9. The second kappa shape index (κ2) is 6.33. The van der Waals surface area contributed by atoms with Gasteiger partial charge in [-0.05, 0) is 44.0 Å². The van der Waals surface area contributed by atoms with E-state index in [4.69, 9.17) is 9.15 Å². The zero-order valence-electron chi connectivity index (χ0n) is 14.6. The number of amides is 1. The van der Waals surface area contributed by atoms with Crippen molar-refractivity contribution in [3.8, 4) is 0 Å². The number of rotatable bonds is 3. The highest BCUT2D eigenvalue weighted by molar-refractivity contribution is 6.01. The van der Waals surface area contributed by atoms with Gasteiger partial charge < -0.3 is 14.1 Å². The number of ether oxygens (including phenoxy) is 1. The molecule has 1 aliphatic heterocycles. The molecule has 2 aromatic carbocycles. The summed E-state index contributed by atoms with van der Waals surface area (Å²) in [6, 6.07) is 16.8. The quantitative estimate of drug-likeness (QED) is 0.672. The lowest BCUT2D eigenvalue weighted by Gasteiger charge is -2.25. The molecule has 1 aromatic heterocycles. The van der Waals surface area contributed by atoms with E-state index in [2.05, 4.69) is 0 Å². The van der Waals surface area contributed by atoms with Gasteiger partial charge in [0.2, 0.25) is 5.76 Å². The molecule has 0 spiro atoms. The molecule has 2 atom stereocenters. The van der Waals surface area contributed by atoms with Crippen molar-refractivity contribution in [3.05, 3.63) is 65.9 Å². The van der Waals surface area contributed by atoms with Crippen LogP contribution >= 0.6 is 0 Å². The number of fused-ring (bicyclic) bond motifs is 2. The predicted molar refractivity (Wildman–Crippen MR) is 98.2 cm³/mol. The van der Waals surface area contributed by atoms with Gasteiger partial charge in [0.1, 0.15) is 5.58 Å². The van der Waals surface area contributed by atoms with E-state index >= 15 is 0 Å². The maximum atomic E-state index is 12.9. The van der Waals surface area contributed by atoms with E-state index in [9.17, 15) is 9.59 Å². The van der Waals surface area contributed by atoms with Crippen molar-refractivity contribution in [2.45, 2.75) is 32.4 Å². The van der Waals surface area contributed by atoms with Crippen molar-refractivity contribution in [1.82, 2.24) is 0 Å². The number of para-hydroxylation sites is 2. The Morgan fingerprint density at radius 2 is 1.88 bits per heavy atom. The van der Waals surface area contributed by atoms with Crippen LogP contribution in [-0.4, -0.2) is 24.0 Å². The molecule has 26 heavy (non-hydrogen) atoms. The molecule has 0 bridgehead atoms. The Balaban J connectivity index is 1.51. The smallest absolute Gasteiger partial charge is 0.375 e. The maximum Gasteiger partial charge on any atom is 0.375 e. The van der Waals surface area contributed by atoms with E-state index in [1.54, 1.807) is 24.0 Å².